The highest BCUT2D eigenvalue weighted by molar-refractivity contribution is 5.94. The summed E-state index contributed by atoms with van der Waals surface area (Å²) in [5.74, 6) is -0.904. The molecule has 2 aromatic heterocycles. The number of aromatic hydroxyl groups is 1. The predicted molar refractivity (Wildman–Crippen MR) is 53.4 cm³/mol. The minimum absolute atomic E-state index is 0.0292. The van der Waals surface area contributed by atoms with Crippen molar-refractivity contribution in [2.24, 2.45) is 0 Å². The molecule has 2 heterocycles. The Balaban J connectivity index is 2.69. The lowest BCUT2D eigenvalue weighted by Crippen LogP contribution is -2.13. The van der Waals surface area contributed by atoms with Crippen LogP contribution >= 0.6 is 0 Å². The van der Waals surface area contributed by atoms with Gasteiger partial charge in [-0.3, -0.25) is 9.20 Å². The highest BCUT2D eigenvalue weighted by Crippen LogP contribution is 2.12. The van der Waals surface area contributed by atoms with E-state index >= 15 is 0 Å². The third-order valence-electron chi connectivity index (χ3n) is 2.03. The van der Waals surface area contributed by atoms with E-state index in [2.05, 4.69) is 9.97 Å². The second-order valence-corrected chi connectivity index (χ2v) is 3.01. The van der Waals surface area contributed by atoms with Crippen molar-refractivity contribution in [1.29, 1.82) is 0 Å². The average Bonchev–Trinajstić information content (AvgIpc) is 2.69. The van der Waals surface area contributed by atoms with Crippen LogP contribution in [0.1, 0.15) is 17.4 Å². The Labute approximate surface area is 89.3 Å². The first kappa shape index (κ1) is 10.2. The maximum Gasteiger partial charge on any atom is 0.359 e. The number of imidazole rings is 1. The molecule has 0 spiro atoms. The lowest BCUT2D eigenvalue weighted by molar-refractivity contribution is 0.0522. The molecule has 84 valence electrons. The van der Waals surface area contributed by atoms with Crippen LogP contribution in [-0.2, 0) is 4.74 Å². The first-order valence-corrected chi connectivity index (χ1v) is 4.60. The van der Waals surface area contributed by atoms with Crippen LogP contribution in [0.2, 0.25) is 0 Å². The van der Waals surface area contributed by atoms with Crippen molar-refractivity contribution in [2.75, 3.05) is 6.61 Å². The number of rotatable bonds is 2. The van der Waals surface area contributed by atoms with Gasteiger partial charge in [0.2, 0.25) is 5.88 Å². The molecule has 7 heteroatoms. The molecule has 0 unspecified atom stereocenters. The second-order valence-electron chi connectivity index (χ2n) is 3.01. The Morgan fingerprint density at radius 1 is 1.69 bits per heavy atom. The van der Waals surface area contributed by atoms with E-state index in [1.165, 1.54) is 6.33 Å². The van der Waals surface area contributed by atoms with Crippen molar-refractivity contribution < 1.29 is 14.6 Å². The van der Waals surface area contributed by atoms with Crippen LogP contribution in [0.3, 0.4) is 0 Å². The highest BCUT2D eigenvalue weighted by atomic mass is 16.5. The number of carbonyl (C=O) groups is 1. The highest BCUT2D eigenvalue weighted by Gasteiger charge is 2.18. The third-order valence-corrected chi connectivity index (χ3v) is 2.03. The summed E-state index contributed by atoms with van der Waals surface area (Å²) in [6.07, 6.45) is 2.30. The zero-order valence-electron chi connectivity index (χ0n) is 8.43. The fourth-order valence-electron chi connectivity index (χ4n) is 1.36. The number of aromatic nitrogens is 3. The number of nitrogens with zero attached hydrogens (tertiary/aromatic N) is 2. The fourth-order valence-corrected chi connectivity index (χ4v) is 1.36. The van der Waals surface area contributed by atoms with E-state index in [0.29, 0.717) is 0 Å². The van der Waals surface area contributed by atoms with E-state index in [9.17, 15) is 14.7 Å². The van der Waals surface area contributed by atoms with Gasteiger partial charge in [-0.15, -0.1) is 0 Å². The normalized spacial score (nSPS) is 10.6. The van der Waals surface area contributed by atoms with Gasteiger partial charge in [0.05, 0.1) is 12.8 Å². The van der Waals surface area contributed by atoms with Gasteiger partial charge in [0, 0.05) is 0 Å². The Morgan fingerprint density at radius 2 is 2.44 bits per heavy atom. The Kier molecular flexibility index (Phi) is 2.35. The van der Waals surface area contributed by atoms with Crippen molar-refractivity contribution >= 4 is 11.5 Å². The summed E-state index contributed by atoms with van der Waals surface area (Å²) in [6, 6.07) is 0. The second kappa shape index (κ2) is 3.69. The van der Waals surface area contributed by atoms with Gasteiger partial charge in [-0.1, -0.05) is 0 Å². The van der Waals surface area contributed by atoms with Crippen molar-refractivity contribution in [2.45, 2.75) is 6.92 Å². The summed E-state index contributed by atoms with van der Waals surface area (Å²) in [5.41, 5.74) is -0.657. The molecule has 7 nitrogen and oxygen atoms in total. The van der Waals surface area contributed by atoms with E-state index in [1.807, 2.05) is 0 Å². The van der Waals surface area contributed by atoms with Gasteiger partial charge in [0.25, 0.3) is 5.56 Å². The van der Waals surface area contributed by atoms with Gasteiger partial charge in [0.1, 0.15) is 11.8 Å². The molecule has 0 aliphatic heterocycles. The number of fused-ring (bicyclic) bond motifs is 1. The average molecular weight is 223 g/mol. The molecular formula is C9H9N3O4. The first-order valence-electron chi connectivity index (χ1n) is 4.60. The summed E-state index contributed by atoms with van der Waals surface area (Å²) in [6.45, 7) is 1.84. The van der Waals surface area contributed by atoms with Crippen LogP contribution in [-0.4, -0.2) is 32.1 Å². The van der Waals surface area contributed by atoms with Crippen LogP contribution in [0, 0.1) is 0 Å². The zero-order chi connectivity index (χ0) is 11.7. The standard InChI is InChI=1S/C9H9N3O4/c1-2-16-9(15)6-7-8(14)10-3-5(13)12(7)4-11-6/h3-4,13H,2H2,1H3,(H,10,14). The van der Waals surface area contributed by atoms with Crippen LogP contribution < -0.4 is 5.56 Å². The molecule has 0 atom stereocenters. The van der Waals surface area contributed by atoms with Crippen LogP contribution in [0.25, 0.3) is 5.52 Å². The Bertz CT molecular complexity index is 598. The van der Waals surface area contributed by atoms with Crippen molar-refractivity contribution in [3.8, 4) is 5.88 Å². The molecule has 2 N–H and O–H groups in total. The monoisotopic (exact) mass is 223 g/mol. The smallest absolute Gasteiger partial charge is 0.359 e. The first-order chi connectivity index (χ1) is 7.65. The predicted octanol–water partition coefficient (Wildman–Crippen LogP) is -0.0951. The van der Waals surface area contributed by atoms with E-state index < -0.39 is 11.5 Å². The molecule has 0 saturated carbocycles. The Morgan fingerprint density at radius 3 is 3.12 bits per heavy atom. The molecule has 16 heavy (non-hydrogen) atoms. The van der Waals surface area contributed by atoms with Crippen molar-refractivity contribution in [1.82, 2.24) is 14.4 Å². The van der Waals surface area contributed by atoms with E-state index in [4.69, 9.17) is 4.74 Å². The van der Waals surface area contributed by atoms with E-state index in [0.717, 1.165) is 10.6 Å². The van der Waals surface area contributed by atoms with Gasteiger partial charge in [-0.05, 0) is 6.92 Å². The lowest BCUT2D eigenvalue weighted by Gasteiger charge is -1.99. The van der Waals surface area contributed by atoms with E-state index in [-0.39, 0.29) is 23.7 Å². The molecule has 0 amide bonds. The quantitative estimate of drug-likeness (QED) is 0.693. The number of carbonyl (C=O) groups excluding carboxylic acids is 1. The summed E-state index contributed by atoms with van der Waals surface area (Å²) in [7, 11) is 0. The van der Waals surface area contributed by atoms with Gasteiger partial charge in [-0.25, -0.2) is 9.78 Å². The molecule has 0 fully saturated rings. The zero-order valence-corrected chi connectivity index (χ0v) is 8.43. The van der Waals surface area contributed by atoms with Crippen molar-refractivity contribution in [3.05, 3.63) is 28.6 Å². The van der Waals surface area contributed by atoms with E-state index in [1.54, 1.807) is 6.92 Å². The van der Waals surface area contributed by atoms with Gasteiger partial charge in [-0.2, -0.15) is 0 Å². The summed E-state index contributed by atoms with van der Waals surface area (Å²) >= 11 is 0. The fraction of sp³-hybridized carbons (Fsp3) is 0.222. The SMILES string of the molecule is CCOC(=O)c1ncn2c(O)c[nH]c(=O)c12. The summed E-state index contributed by atoms with van der Waals surface area (Å²) in [4.78, 5) is 29.0. The molecule has 0 aliphatic carbocycles. The third kappa shape index (κ3) is 1.42. The maximum atomic E-state index is 11.5. The number of esters is 1. The molecule has 0 saturated heterocycles. The molecule has 0 aliphatic rings. The molecular weight excluding hydrogens is 214 g/mol. The number of hydrogen-bond acceptors (Lipinski definition) is 5. The minimum Gasteiger partial charge on any atom is -0.493 e. The number of nitrogens with one attached hydrogen (secondary N) is 1. The number of ether oxygens (including phenoxy) is 1. The molecule has 2 aromatic rings. The molecule has 0 bridgehead atoms. The molecule has 0 radical (unpaired) electrons. The summed E-state index contributed by atoms with van der Waals surface area (Å²) in [5, 5.41) is 9.42. The number of H-pyrrole nitrogens is 1. The Hall–Kier alpha value is -2.31. The topological polar surface area (TPSA) is 96.7 Å². The maximum absolute atomic E-state index is 11.5. The van der Waals surface area contributed by atoms with Crippen LogP contribution in [0.4, 0.5) is 0 Å². The largest absolute Gasteiger partial charge is 0.493 e. The molecule has 2 rings (SSSR count). The van der Waals surface area contributed by atoms with Crippen LogP contribution in [0.5, 0.6) is 5.88 Å². The lowest BCUT2D eigenvalue weighted by atomic mass is 10.4. The number of hydrogen-bond donors (Lipinski definition) is 2. The van der Waals surface area contributed by atoms with Gasteiger partial charge in [0.15, 0.2) is 5.69 Å². The van der Waals surface area contributed by atoms with Gasteiger partial charge >= 0.3 is 5.97 Å². The van der Waals surface area contributed by atoms with Gasteiger partial charge < -0.3 is 14.8 Å². The van der Waals surface area contributed by atoms with Crippen LogP contribution in [0.15, 0.2) is 17.3 Å². The van der Waals surface area contributed by atoms with Crippen molar-refractivity contribution in [3.63, 3.8) is 0 Å². The summed E-state index contributed by atoms with van der Waals surface area (Å²) < 4.78 is 5.86. The number of aromatic amines is 1. The molecule has 0 aromatic carbocycles. The minimum atomic E-state index is -0.693.